The van der Waals surface area contributed by atoms with E-state index in [1.165, 1.54) is 22.3 Å². The summed E-state index contributed by atoms with van der Waals surface area (Å²) in [6, 6.07) is 51.1. The molecular formula is C39H32N2O2. The maximum atomic E-state index is 5.56. The fourth-order valence-corrected chi connectivity index (χ4v) is 6.01. The average Bonchev–Trinajstić information content (AvgIpc) is 3.43. The molecule has 0 fully saturated rings. The zero-order chi connectivity index (χ0) is 29.2. The largest absolute Gasteiger partial charge is 0.497 e. The minimum atomic E-state index is 0.832. The van der Waals surface area contributed by atoms with E-state index < -0.39 is 0 Å². The van der Waals surface area contributed by atoms with Gasteiger partial charge in [0.25, 0.3) is 0 Å². The number of hydrogen-bond donors (Lipinski definition) is 0. The molecule has 0 saturated carbocycles. The van der Waals surface area contributed by atoms with Crippen LogP contribution >= 0.6 is 0 Å². The van der Waals surface area contributed by atoms with Gasteiger partial charge in [0.2, 0.25) is 0 Å². The van der Waals surface area contributed by atoms with E-state index in [-0.39, 0.29) is 0 Å². The summed E-state index contributed by atoms with van der Waals surface area (Å²) in [7, 11) is 3.42. The molecular weight excluding hydrogens is 528 g/mol. The molecule has 0 bridgehead atoms. The molecule has 6 aromatic carbocycles. The summed E-state index contributed by atoms with van der Waals surface area (Å²) in [5, 5.41) is 0. The van der Waals surface area contributed by atoms with Crippen LogP contribution in [-0.4, -0.2) is 14.2 Å². The Labute approximate surface area is 253 Å². The van der Waals surface area contributed by atoms with Gasteiger partial charge in [-0.2, -0.15) is 0 Å². The SMILES string of the molecule is COc1cccc(N(c2ccccc2)c2ccc3c(c2)Cc2cc(N(c4ccccc4)c4cccc(OC)c4)ccc2-3)c1. The maximum Gasteiger partial charge on any atom is 0.120 e. The van der Waals surface area contributed by atoms with Crippen LogP contribution in [-0.2, 0) is 6.42 Å². The number of benzene rings is 6. The van der Waals surface area contributed by atoms with E-state index in [1.807, 2.05) is 24.3 Å². The van der Waals surface area contributed by atoms with Crippen LogP contribution in [0.3, 0.4) is 0 Å². The fraction of sp³-hybridized carbons (Fsp3) is 0.0769. The predicted molar refractivity (Wildman–Crippen MR) is 177 cm³/mol. The third kappa shape index (κ3) is 5.08. The molecule has 4 heteroatoms. The van der Waals surface area contributed by atoms with Gasteiger partial charge in [-0.15, -0.1) is 0 Å². The van der Waals surface area contributed by atoms with Crippen molar-refractivity contribution in [2.75, 3.05) is 24.0 Å². The van der Waals surface area contributed by atoms with Crippen LogP contribution in [0.2, 0.25) is 0 Å². The lowest BCUT2D eigenvalue weighted by Crippen LogP contribution is -2.10. The zero-order valence-electron chi connectivity index (χ0n) is 24.3. The van der Waals surface area contributed by atoms with Gasteiger partial charge in [0.1, 0.15) is 11.5 Å². The zero-order valence-corrected chi connectivity index (χ0v) is 24.3. The third-order valence-corrected chi connectivity index (χ3v) is 8.02. The van der Waals surface area contributed by atoms with E-state index in [1.54, 1.807) is 14.2 Å². The Balaban J connectivity index is 1.27. The van der Waals surface area contributed by atoms with Crippen molar-refractivity contribution in [1.29, 1.82) is 0 Å². The van der Waals surface area contributed by atoms with Crippen molar-refractivity contribution in [2.45, 2.75) is 6.42 Å². The Morgan fingerprint density at radius 3 is 1.21 bits per heavy atom. The topological polar surface area (TPSA) is 24.9 Å². The summed E-state index contributed by atoms with van der Waals surface area (Å²) < 4.78 is 11.1. The van der Waals surface area contributed by atoms with E-state index in [4.69, 9.17) is 9.47 Å². The highest BCUT2D eigenvalue weighted by Gasteiger charge is 2.23. The van der Waals surface area contributed by atoms with Crippen LogP contribution in [0.5, 0.6) is 11.5 Å². The van der Waals surface area contributed by atoms with Gasteiger partial charge in [-0.1, -0.05) is 60.7 Å². The first-order chi connectivity index (χ1) is 21.2. The normalized spacial score (nSPS) is 11.4. The maximum absolute atomic E-state index is 5.56. The predicted octanol–water partition coefficient (Wildman–Crippen LogP) is 10.2. The van der Waals surface area contributed by atoms with Gasteiger partial charge in [-0.3, -0.25) is 0 Å². The molecule has 1 aliphatic carbocycles. The summed E-state index contributed by atoms with van der Waals surface area (Å²) in [4.78, 5) is 4.58. The van der Waals surface area contributed by atoms with Crippen LogP contribution in [0.1, 0.15) is 11.1 Å². The molecule has 0 N–H and O–H groups in total. The Kier molecular flexibility index (Phi) is 7.02. The molecule has 0 aromatic heterocycles. The van der Waals surface area contributed by atoms with Crippen molar-refractivity contribution in [3.63, 3.8) is 0 Å². The van der Waals surface area contributed by atoms with E-state index in [0.29, 0.717) is 0 Å². The second-order valence-electron chi connectivity index (χ2n) is 10.6. The Hall–Kier alpha value is -5.48. The van der Waals surface area contributed by atoms with Crippen molar-refractivity contribution >= 4 is 34.1 Å². The monoisotopic (exact) mass is 560 g/mol. The van der Waals surface area contributed by atoms with Gasteiger partial charge >= 0.3 is 0 Å². The lowest BCUT2D eigenvalue weighted by atomic mass is 10.0. The van der Waals surface area contributed by atoms with Crippen molar-refractivity contribution in [1.82, 2.24) is 0 Å². The molecule has 1 aliphatic rings. The van der Waals surface area contributed by atoms with Crippen LogP contribution in [0, 0.1) is 0 Å². The number of ether oxygens (including phenoxy) is 2. The van der Waals surface area contributed by atoms with Gasteiger partial charge < -0.3 is 19.3 Å². The molecule has 0 amide bonds. The second kappa shape index (κ2) is 11.4. The molecule has 0 unspecified atom stereocenters. The molecule has 4 nitrogen and oxygen atoms in total. The van der Waals surface area contributed by atoms with E-state index in [2.05, 4.69) is 131 Å². The Morgan fingerprint density at radius 1 is 0.395 bits per heavy atom. The average molecular weight is 561 g/mol. The number of para-hydroxylation sites is 2. The molecule has 0 saturated heterocycles. The quantitative estimate of drug-likeness (QED) is 0.185. The van der Waals surface area contributed by atoms with E-state index >= 15 is 0 Å². The van der Waals surface area contributed by atoms with Crippen LogP contribution in [0.15, 0.2) is 146 Å². The third-order valence-electron chi connectivity index (χ3n) is 8.02. The number of fused-ring (bicyclic) bond motifs is 3. The van der Waals surface area contributed by atoms with Gasteiger partial charge in [-0.05, 0) is 101 Å². The molecule has 210 valence electrons. The lowest BCUT2D eigenvalue weighted by Gasteiger charge is -2.26. The fourth-order valence-electron chi connectivity index (χ4n) is 6.01. The van der Waals surface area contributed by atoms with Crippen molar-refractivity contribution < 1.29 is 9.47 Å². The molecule has 0 aliphatic heterocycles. The summed E-state index contributed by atoms with van der Waals surface area (Å²) in [5.74, 6) is 1.66. The minimum Gasteiger partial charge on any atom is -0.497 e. The second-order valence-corrected chi connectivity index (χ2v) is 10.6. The molecule has 0 radical (unpaired) electrons. The standard InChI is InChI=1S/C39H32N2O2/c1-42-36-17-9-15-32(26-36)40(30-11-5-3-6-12-30)34-19-21-38-28(24-34)23-29-25-35(20-22-39(29)38)41(31-13-7-4-8-14-31)33-16-10-18-37(27-33)43-2/h3-22,24-27H,23H2,1-2H3. The van der Waals surface area contributed by atoms with Gasteiger partial charge in [-0.25, -0.2) is 0 Å². The molecule has 0 atom stereocenters. The number of hydrogen-bond acceptors (Lipinski definition) is 4. The highest BCUT2D eigenvalue weighted by atomic mass is 16.5. The first-order valence-electron chi connectivity index (χ1n) is 14.5. The van der Waals surface area contributed by atoms with Crippen LogP contribution in [0.25, 0.3) is 11.1 Å². The number of nitrogens with zero attached hydrogens (tertiary/aromatic N) is 2. The molecule has 43 heavy (non-hydrogen) atoms. The van der Waals surface area contributed by atoms with E-state index in [9.17, 15) is 0 Å². The van der Waals surface area contributed by atoms with Gasteiger partial charge in [0, 0.05) is 46.3 Å². The van der Waals surface area contributed by atoms with Gasteiger partial charge in [0.15, 0.2) is 0 Å². The minimum absolute atomic E-state index is 0.832. The summed E-state index contributed by atoms with van der Waals surface area (Å²) >= 11 is 0. The molecule has 6 aromatic rings. The molecule has 0 heterocycles. The number of methoxy groups -OCH3 is 2. The highest BCUT2D eigenvalue weighted by Crippen LogP contribution is 2.45. The first-order valence-corrected chi connectivity index (χ1v) is 14.5. The summed E-state index contributed by atoms with van der Waals surface area (Å²) in [5.41, 5.74) is 11.8. The summed E-state index contributed by atoms with van der Waals surface area (Å²) in [6.45, 7) is 0. The smallest absolute Gasteiger partial charge is 0.120 e. The lowest BCUT2D eigenvalue weighted by molar-refractivity contribution is 0.415. The number of anilines is 6. The van der Waals surface area contributed by atoms with Crippen LogP contribution in [0.4, 0.5) is 34.1 Å². The van der Waals surface area contributed by atoms with E-state index in [0.717, 1.165) is 52.0 Å². The summed E-state index contributed by atoms with van der Waals surface area (Å²) in [6.07, 6.45) is 0.869. The molecule has 7 rings (SSSR count). The Morgan fingerprint density at radius 2 is 0.791 bits per heavy atom. The van der Waals surface area contributed by atoms with Crippen molar-refractivity contribution in [2.24, 2.45) is 0 Å². The van der Waals surface area contributed by atoms with Crippen molar-refractivity contribution in [3.8, 4) is 22.6 Å². The molecule has 0 spiro atoms. The Bertz CT molecular complexity index is 1750. The highest BCUT2D eigenvalue weighted by molar-refractivity contribution is 5.86. The van der Waals surface area contributed by atoms with Crippen LogP contribution < -0.4 is 19.3 Å². The van der Waals surface area contributed by atoms with Crippen molar-refractivity contribution in [3.05, 3.63) is 157 Å². The number of rotatable bonds is 8. The first kappa shape index (κ1) is 26.4. The van der Waals surface area contributed by atoms with Gasteiger partial charge in [0.05, 0.1) is 14.2 Å².